The predicted octanol–water partition coefficient (Wildman–Crippen LogP) is 3.62. The number of hydrogen-bond acceptors (Lipinski definition) is 2. The lowest BCUT2D eigenvalue weighted by atomic mass is 10.1. The van der Waals surface area contributed by atoms with Gasteiger partial charge in [0.2, 0.25) is 0 Å². The van der Waals surface area contributed by atoms with Gasteiger partial charge in [0.05, 0.1) is 0 Å². The van der Waals surface area contributed by atoms with E-state index >= 15 is 0 Å². The third-order valence-electron chi connectivity index (χ3n) is 4.02. The summed E-state index contributed by atoms with van der Waals surface area (Å²) in [6.07, 6.45) is 4.44. The first-order valence-corrected chi connectivity index (χ1v) is 6.98. The van der Waals surface area contributed by atoms with Crippen molar-refractivity contribution in [3.05, 3.63) is 35.7 Å². The van der Waals surface area contributed by atoms with Crippen molar-refractivity contribution >= 4 is 5.82 Å². The van der Waals surface area contributed by atoms with Crippen LogP contribution in [0.4, 0.5) is 14.6 Å². The summed E-state index contributed by atoms with van der Waals surface area (Å²) in [5.74, 6) is 0.743. The Morgan fingerprint density at radius 3 is 2.50 bits per heavy atom. The molecular weight excluding hydrogens is 260 g/mol. The molecule has 104 valence electrons. The van der Waals surface area contributed by atoms with Gasteiger partial charge in [0.15, 0.2) is 0 Å². The van der Waals surface area contributed by atoms with E-state index in [0.717, 1.165) is 37.6 Å². The molecule has 0 saturated heterocycles. The molecule has 2 N–H and O–H groups in total. The van der Waals surface area contributed by atoms with E-state index in [9.17, 15) is 8.78 Å². The van der Waals surface area contributed by atoms with Crippen LogP contribution in [0, 0.1) is 11.6 Å². The highest BCUT2D eigenvalue weighted by Crippen LogP contribution is 2.48. The van der Waals surface area contributed by atoms with E-state index in [1.165, 1.54) is 12.1 Å². The van der Waals surface area contributed by atoms with Gasteiger partial charge in [-0.1, -0.05) is 0 Å². The van der Waals surface area contributed by atoms with Gasteiger partial charge in [-0.05, 0) is 37.8 Å². The number of imidazole rings is 1. The second-order valence-corrected chi connectivity index (χ2v) is 5.70. The quantitative estimate of drug-likeness (QED) is 0.929. The number of anilines is 1. The van der Waals surface area contributed by atoms with Crippen LogP contribution >= 0.6 is 0 Å². The molecule has 5 heteroatoms. The fraction of sp³-hybridized carbons (Fsp3) is 0.400. The summed E-state index contributed by atoms with van der Waals surface area (Å²) < 4.78 is 29.0. The molecule has 4 rings (SSSR count). The lowest BCUT2D eigenvalue weighted by molar-refractivity contribution is 0.585. The number of nitrogen functional groups attached to an aromatic ring is 1. The third-order valence-corrected chi connectivity index (χ3v) is 4.02. The molecule has 1 heterocycles. The van der Waals surface area contributed by atoms with Gasteiger partial charge < -0.3 is 10.3 Å². The van der Waals surface area contributed by atoms with Crippen molar-refractivity contribution in [2.24, 2.45) is 0 Å². The van der Waals surface area contributed by atoms with Crippen LogP contribution < -0.4 is 5.73 Å². The van der Waals surface area contributed by atoms with Crippen LogP contribution in [0.1, 0.15) is 43.5 Å². The molecule has 2 aromatic rings. The molecule has 2 saturated carbocycles. The van der Waals surface area contributed by atoms with E-state index in [0.29, 0.717) is 23.5 Å². The molecule has 0 bridgehead atoms. The van der Waals surface area contributed by atoms with Gasteiger partial charge in [-0.3, -0.25) is 0 Å². The highest BCUT2D eigenvalue weighted by atomic mass is 19.1. The second kappa shape index (κ2) is 4.04. The van der Waals surface area contributed by atoms with Gasteiger partial charge in [-0.2, -0.15) is 0 Å². The van der Waals surface area contributed by atoms with Crippen molar-refractivity contribution in [1.29, 1.82) is 0 Å². The van der Waals surface area contributed by atoms with Crippen LogP contribution in [0.2, 0.25) is 0 Å². The zero-order valence-electron chi connectivity index (χ0n) is 10.9. The number of benzene rings is 1. The maximum atomic E-state index is 13.9. The minimum Gasteiger partial charge on any atom is -0.383 e. The molecule has 0 unspecified atom stereocenters. The Kier molecular flexibility index (Phi) is 2.40. The van der Waals surface area contributed by atoms with Crippen LogP contribution in [0.15, 0.2) is 18.2 Å². The van der Waals surface area contributed by atoms with E-state index in [1.807, 2.05) is 0 Å². The summed E-state index contributed by atoms with van der Waals surface area (Å²) in [6.45, 7) is 0. The average molecular weight is 275 g/mol. The Labute approximate surface area is 115 Å². The molecule has 2 aliphatic carbocycles. The van der Waals surface area contributed by atoms with Crippen LogP contribution in [0.5, 0.6) is 0 Å². The molecule has 20 heavy (non-hydrogen) atoms. The summed E-state index contributed by atoms with van der Waals surface area (Å²) in [5, 5.41) is 0. The number of hydrogen-bond donors (Lipinski definition) is 1. The number of aromatic nitrogens is 2. The van der Waals surface area contributed by atoms with Gasteiger partial charge in [0, 0.05) is 23.6 Å². The summed E-state index contributed by atoms with van der Waals surface area (Å²) in [6, 6.07) is 3.94. The van der Waals surface area contributed by atoms with E-state index < -0.39 is 11.6 Å². The Morgan fingerprint density at radius 2 is 1.90 bits per heavy atom. The molecule has 2 fully saturated rings. The normalized spacial score (nSPS) is 18.5. The van der Waals surface area contributed by atoms with Crippen molar-refractivity contribution in [3.8, 4) is 11.3 Å². The predicted molar refractivity (Wildman–Crippen MR) is 72.2 cm³/mol. The fourth-order valence-corrected chi connectivity index (χ4v) is 2.69. The van der Waals surface area contributed by atoms with E-state index in [1.54, 1.807) is 0 Å². The van der Waals surface area contributed by atoms with Gasteiger partial charge in [0.1, 0.15) is 29.0 Å². The Bertz CT molecular complexity index is 685. The minimum atomic E-state index is -0.612. The largest absolute Gasteiger partial charge is 0.383 e. The summed E-state index contributed by atoms with van der Waals surface area (Å²) in [7, 11) is 0. The van der Waals surface area contributed by atoms with E-state index in [2.05, 4.69) is 9.55 Å². The lowest BCUT2D eigenvalue weighted by Gasteiger charge is -2.07. The number of halogens is 2. The Balaban J connectivity index is 1.87. The molecule has 0 radical (unpaired) electrons. The zero-order valence-corrected chi connectivity index (χ0v) is 10.9. The van der Waals surface area contributed by atoms with E-state index in [-0.39, 0.29) is 5.56 Å². The number of nitrogens with zero attached hydrogens (tertiary/aromatic N) is 2. The Hall–Kier alpha value is -1.91. The van der Waals surface area contributed by atoms with Gasteiger partial charge in [0.25, 0.3) is 0 Å². The van der Waals surface area contributed by atoms with Crippen molar-refractivity contribution in [2.75, 3.05) is 5.73 Å². The SMILES string of the molecule is Nc1c(-c2ccc(F)cc2F)nc(C2CC2)n1C1CC1. The number of nitrogens with two attached hydrogens (primary N) is 1. The molecule has 3 nitrogen and oxygen atoms in total. The summed E-state index contributed by atoms with van der Waals surface area (Å²) >= 11 is 0. The minimum absolute atomic E-state index is 0.283. The lowest BCUT2D eigenvalue weighted by Crippen LogP contribution is -2.04. The van der Waals surface area contributed by atoms with Gasteiger partial charge in [-0.25, -0.2) is 13.8 Å². The van der Waals surface area contributed by atoms with Gasteiger partial charge >= 0.3 is 0 Å². The first kappa shape index (κ1) is 11.9. The third kappa shape index (κ3) is 1.80. The van der Waals surface area contributed by atoms with Gasteiger partial charge in [-0.15, -0.1) is 0 Å². The van der Waals surface area contributed by atoms with Crippen molar-refractivity contribution in [2.45, 2.75) is 37.6 Å². The van der Waals surface area contributed by atoms with Crippen molar-refractivity contribution in [1.82, 2.24) is 9.55 Å². The molecule has 0 aliphatic heterocycles. The number of rotatable bonds is 3. The molecular formula is C15H15F2N3. The smallest absolute Gasteiger partial charge is 0.135 e. The van der Waals surface area contributed by atoms with Crippen LogP contribution in [0.3, 0.4) is 0 Å². The zero-order chi connectivity index (χ0) is 13.9. The molecule has 0 atom stereocenters. The molecule has 0 spiro atoms. The maximum absolute atomic E-state index is 13.9. The fourth-order valence-electron chi connectivity index (χ4n) is 2.69. The van der Waals surface area contributed by atoms with Crippen LogP contribution in [-0.2, 0) is 0 Å². The first-order chi connectivity index (χ1) is 9.65. The van der Waals surface area contributed by atoms with Crippen molar-refractivity contribution in [3.63, 3.8) is 0 Å². The Morgan fingerprint density at radius 1 is 1.15 bits per heavy atom. The van der Waals surface area contributed by atoms with Crippen molar-refractivity contribution < 1.29 is 8.78 Å². The van der Waals surface area contributed by atoms with Crippen LogP contribution in [0.25, 0.3) is 11.3 Å². The van der Waals surface area contributed by atoms with Crippen LogP contribution in [-0.4, -0.2) is 9.55 Å². The summed E-state index contributed by atoms with van der Waals surface area (Å²) in [4.78, 5) is 4.57. The topological polar surface area (TPSA) is 43.8 Å². The highest BCUT2D eigenvalue weighted by molar-refractivity contribution is 5.72. The second-order valence-electron chi connectivity index (χ2n) is 5.70. The monoisotopic (exact) mass is 275 g/mol. The maximum Gasteiger partial charge on any atom is 0.135 e. The molecule has 0 amide bonds. The molecule has 2 aliphatic rings. The standard InChI is InChI=1S/C15H15F2N3/c16-9-3-6-11(12(17)7-9)13-14(18)20(10-4-5-10)15(19-13)8-1-2-8/h3,6-8,10H,1-2,4-5,18H2. The van der Waals surface area contributed by atoms with E-state index in [4.69, 9.17) is 5.73 Å². The first-order valence-electron chi connectivity index (χ1n) is 6.98. The molecule has 1 aromatic carbocycles. The average Bonchev–Trinajstić information content (AvgIpc) is 3.29. The highest BCUT2D eigenvalue weighted by Gasteiger charge is 2.36. The molecule has 1 aromatic heterocycles. The summed E-state index contributed by atoms with van der Waals surface area (Å²) in [5.41, 5.74) is 6.93.